The highest BCUT2D eigenvalue weighted by atomic mass is 32.2. The Labute approximate surface area is 562 Å². The van der Waals surface area contributed by atoms with Crippen LogP contribution in [0.2, 0.25) is 0 Å². The standard InChI is InChI=1S/2C25H42N4O3S.C20H18O8/c2*1-18(23(31)28-8-6-27(3)7-9-28)26-24(32)29(10-11-33-19(2)30)5-4-25-15-20-12-21(16-25)14-22(13-20)17-25;1-11-3-7-13(8-4-11)15(21)19(27,17(23)24)20(28,18(25)26)16(22)14-9-5-12(2)6-10-14/h2*18,20-22H,4-17H2,1-3H3,(H,26,32);3-10,27-28H,1-2H3,(H,23,24)(H,25,26)/t2*18-,20?,21?,22?,25?;/m11./s1. The van der Waals surface area contributed by atoms with Crippen LogP contribution in [0.5, 0.6) is 0 Å². The van der Waals surface area contributed by atoms with E-state index in [0.717, 1.165) is 98.8 Å². The molecule has 22 nitrogen and oxygen atoms in total. The molecule has 518 valence electrons. The van der Waals surface area contributed by atoms with Crippen LogP contribution in [0.1, 0.15) is 149 Å². The predicted octanol–water partition coefficient (Wildman–Crippen LogP) is 7.09. The van der Waals surface area contributed by atoms with E-state index in [4.69, 9.17) is 0 Å². The average molecular weight is 1340 g/mol. The first kappa shape index (κ1) is 73.9. The quantitative estimate of drug-likeness (QED) is 0.0478. The number of likely N-dealkylation sites (N-methyl/N-ethyl adjacent to an activating group) is 2. The average Bonchev–Trinajstić information content (AvgIpc) is 0.747. The zero-order chi connectivity index (χ0) is 68.5. The summed E-state index contributed by atoms with van der Waals surface area (Å²) < 4.78 is 0. The number of carbonyl (C=O) groups excluding carboxylic acids is 8. The van der Waals surface area contributed by atoms with E-state index in [0.29, 0.717) is 85.8 Å². The topological polar surface area (TPSA) is 295 Å². The molecule has 0 spiro atoms. The van der Waals surface area contributed by atoms with E-state index < -0.39 is 46.8 Å². The smallest absolute Gasteiger partial charge is 0.348 e. The molecule has 8 bridgehead atoms. The Kier molecular flexibility index (Phi) is 25.1. The van der Waals surface area contributed by atoms with Crippen molar-refractivity contribution < 1.29 is 68.4 Å². The minimum atomic E-state index is -3.96. The lowest BCUT2D eigenvalue weighted by Crippen LogP contribution is -2.71. The number of carboxylic acid groups (broad SMARTS) is 2. The molecule has 0 aromatic heterocycles. The van der Waals surface area contributed by atoms with Crippen molar-refractivity contribution in [1.29, 1.82) is 0 Å². The molecule has 24 heteroatoms. The van der Waals surface area contributed by atoms with Crippen LogP contribution >= 0.6 is 23.5 Å². The third-order valence-electron chi connectivity index (χ3n) is 21.5. The van der Waals surface area contributed by atoms with Crippen molar-refractivity contribution >= 4 is 81.1 Å². The van der Waals surface area contributed by atoms with E-state index >= 15 is 0 Å². The van der Waals surface area contributed by atoms with E-state index in [9.17, 15) is 68.4 Å². The van der Waals surface area contributed by atoms with Gasteiger partial charge in [0.05, 0.1) is 0 Å². The third kappa shape index (κ3) is 18.2. The summed E-state index contributed by atoms with van der Waals surface area (Å²) in [5.74, 6) is -1.44. The summed E-state index contributed by atoms with van der Waals surface area (Å²) in [5.41, 5.74) is -6.46. The number of amides is 6. The Hall–Kier alpha value is -5.92. The van der Waals surface area contributed by atoms with Crippen molar-refractivity contribution in [2.24, 2.45) is 46.3 Å². The zero-order valence-corrected chi connectivity index (χ0v) is 58.0. The van der Waals surface area contributed by atoms with Crippen molar-refractivity contribution in [2.75, 3.05) is 104 Å². The fourth-order valence-electron chi connectivity index (χ4n) is 17.1. The highest BCUT2D eigenvalue weighted by molar-refractivity contribution is 8.13. The van der Waals surface area contributed by atoms with Gasteiger partial charge in [-0.05, 0) is 178 Å². The van der Waals surface area contributed by atoms with Crippen LogP contribution in [-0.4, -0.2) is 235 Å². The lowest BCUT2D eigenvalue weighted by molar-refractivity contribution is -0.187. The number of hydrogen-bond donors (Lipinski definition) is 6. The number of nitrogens with one attached hydrogen (secondary N) is 2. The number of Topliss-reactive ketones (excluding diaryl/α,β-unsaturated/α-hetero) is 2. The number of aliphatic hydroxyl groups is 2. The number of aryl methyl sites for hydroxylation is 2. The molecule has 10 fully saturated rings. The number of aliphatic carboxylic acids is 2. The van der Waals surface area contributed by atoms with Crippen LogP contribution in [0.25, 0.3) is 0 Å². The molecule has 2 unspecified atom stereocenters. The number of benzene rings is 2. The van der Waals surface area contributed by atoms with E-state index in [1.165, 1.54) is 125 Å². The van der Waals surface area contributed by atoms with Crippen LogP contribution in [0.3, 0.4) is 0 Å². The molecular weight excluding hydrogens is 1240 g/mol. The highest BCUT2D eigenvalue weighted by Gasteiger charge is 2.70. The van der Waals surface area contributed by atoms with Crippen molar-refractivity contribution in [3.8, 4) is 0 Å². The zero-order valence-electron chi connectivity index (χ0n) is 56.4. The molecular formula is C70H102N8O14S2. The molecule has 8 saturated carbocycles. The van der Waals surface area contributed by atoms with E-state index in [2.05, 4.69) is 34.5 Å². The molecule has 12 rings (SSSR count). The summed E-state index contributed by atoms with van der Waals surface area (Å²) in [6, 6.07) is 8.93. The van der Waals surface area contributed by atoms with E-state index in [1.807, 2.05) is 19.6 Å². The maximum absolute atomic E-state index is 13.2. The van der Waals surface area contributed by atoms with Crippen molar-refractivity contribution in [2.45, 2.75) is 155 Å². The van der Waals surface area contributed by atoms with Gasteiger partial charge >= 0.3 is 24.0 Å². The molecule has 0 radical (unpaired) electrons. The van der Waals surface area contributed by atoms with Gasteiger partial charge in [0, 0.05) is 115 Å². The van der Waals surface area contributed by atoms with Crippen molar-refractivity contribution in [3.05, 3.63) is 70.8 Å². The molecule has 2 aromatic rings. The van der Waals surface area contributed by atoms with Crippen LogP contribution < -0.4 is 10.6 Å². The lowest BCUT2D eigenvalue weighted by atomic mass is 9.49. The number of urea groups is 2. The second-order valence-corrected chi connectivity index (χ2v) is 31.6. The van der Waals surface area contributed by atoms with Gasteiger partial charge in [0.15, 0.2) is 10.2 Å². The van der Waals surface area contributed by atoms with Gasteiger partial charge in [-0.3, -0.25) is 28.8 Å². The van der Waals surface area contributed by atoms with Crippen LogP contribution in [0.4, 0.5) is 9.59 Å². The first-order valence-corrected chi connectivity index (χ1v) is 35.9. The number of thioether (sulfide) groups is 2. The Morgan fingerprint density at radius 1 is 0.489 bits per heavy atom. The minimum absolute atomic E-state index is 0.00408. The molecule has 4 atom stereocenters. The maximum atomic E-state index is 13.2. The number of carbonyl (C=O) groups is 10. The molecule has 94 heavy (non-hydrogen) atoms. The molecule has 8 aliphatic carbocycles. The van der Waals surface area contributed by atoms with E-state index in [-0.39, 0.29) is 45.2 Å². The Morgan fingerprint density at radius 3 is 1.02 bits per heavy atom. The first-order chi connectivity index (χ1) is 44.4. The maximum Gasteiger partial charge on any atom is 0.348 e. The molecule has 6 N–H and O–H groups in total. The van der Waals surface area contributed by atoms with E-state index in [1.54, 1.807) is 41.5 Å². The monoisotopic (exact) mass is 1340 g/mol. The van der Waals surface area contributed by atoms with Crippen molar-refractivity contribution in [3.63, 3.8) is 0 Å². The van der Waals surface area contributed by atoms with Gasteiger partial charge in [-0.15, -0.1) is 0 Å². The van der Waals surface area contributed by atoms with Gasteiger partial charge in [-0.1, -0.05) is 83.2 Å². The highest BCUT2D eigenvalue weighted by Crippen LogP contribution is 2.62. The van der Waals surface area contributed by atoms with Gasteiger partial charge in [0.2, 0.25) is 23.4 Å². The number of ketones is 2. The van der Waals surface area contributed by atoms with Gasteiger partial charge < -0.3 is 60.5 Å². The Bertz CT molecular complexity index is 2790. The minimum Gasteiger partial charge on any atom is -0.479 e. The molecule has 2 aromatic carbocycles. The molecule has 2 saturated heterocycles. The fourth-order valence-corrected chi connectivity index (χ4v) is 18.3. The second kappa shape index (κ2) is 32.0. The number of nitrogens with zero attached hydrogens (tertiary/aromatic N) is 6. The van der Waals surface area contributed by atoms with Gasteiger partial charge in [0.25, 0.3) is 11.2 Å². The van der Waals surface area contributed by atoms with Crippen molar-refractivity contribution in [1.82, 2.24) is 40.0 Å². The summed E-state index contributed by atoms with van der Waals surface area (Å²) >= 11 is 2.54. The SMILES string of the molecule is CC(=O)SCCN(CCC12CC3CC(CC(C3)C1)C2)C(=O)N[C@H](C)C(=O)N1CCN(C)CC1.CC(=O)SCCN(CCC12CC3CC(CC(C3)C1)C2)C(=O)N[C@H](C)C(=O)N1CCN(C)CC1.Cc1ccc(C(=O)C(O)(C(=O)O)C(O)(C(=O)O)C(=O)c2ccc(C)cc2)cc1. The number of piperazine rings is 2. The molecule has 2 aliphatic heterocycles. The first-order valence-electron chi connectivity index (χ1n) is 33.9. The van der Waals surface area contributed by atoms with Crippen LogP contribution in [-0.2, 0) is 28.8 Å². The predicted molar refractivity (Wildman–Crippen MR) is 360 cm³/mol. The number of rotatable bonds is 23. The summed E-state index contributed by atoms with van der Waals surface area (Å²) in [6.07, 6.45) is 18.6. The van der Waals surface area contributed by atoms with Gasteiger partial charge in [-0.25, -0.2) is 19.2 Å². The fraction of sp³-hybridized carbons (Fsp3) is 0.686. The Morgan fingerprint density at radius 2 is 0.766 bits per heavy atom. The number of carboxylic acids is 2. The summed E-state index contributed by atoms with van der Waals surface area (Å²) in [4.78, 5) is 136. The number of hydrogen-bond acceptors (Lipinski definition) is 16. The largest absolute Gasteiger partial charge is 0.479 e. The molecule has 10 aliphatic rings. The lowest BCUT2D eigenvalue weighted by Gasteiger charge is -2.57. The van der Waals surface area contributed by atoms with Gasteiger partial charge in [0.1, 0.15) is 12.1 Å². The van der Waals surface area contributed by atoms with Crippen LogP contribution in [0.15, 0.2) is 48.5 Å². The molecule has 6 amide bonds. The summed E-state index contributed by atoms with van der Waals surface area (Å²) in [7, 11) is 4.13. The Balaban J connectivity index is 0.000000182. The second-order valence-electron chi connectivity index (χ2n) is 29.0. The van der Waals surface area contributed by atoms with Crippen LogP contribution in [0, 0.1) is 60.2 Å². The molecule has 2 heterocycles. The normalized spacial score (nSPS) is 27.0. The summed E-state index contributed by atoms with van der Waals surface area (Å²) in [6.45, 7) is 18.9. The third-order valence-corrected chi connectivity index (χ3v) is 23.1. The summed E-state index contributed by atoms with van der Waals surface area (Å²) in [5, 5.41) is 46.4. The van der Waals surface area contributed by atoms with Gasteiger partial charge in [-0.2, -0.15) is 0 Å².